The summed E-state index contributed by atoms with van der Waals surface area (Å²) in [6, 6.07) is 18.5. The number of aryl methyl sites for hydroxylation is 1. The second kappa shape index (κ2) is 10.8. The van der Waals surface area contributed by atoms with Crippen molar-refractivity contribution in [2.24, 2.45) is 0 Å². The number of carbonyl (C=O) groups is 2. The van der Waals surface area contributed by atoms with Gasteiger partial charge in [-0.25, -0.2) is 0 Å². The van der Waals surface area contributed by atoms with Gasteiger partial charge in [-0.3, -0.25) is 9.59 Å². The molecule has 2 N–H and O–H groups in total. The Morgan fingerprint density at radius 2 is 1.85 bits per heavy atom. The van der Waals surface area contributed by atoms with Gasteiger partial charge in [-0.15, -0.1) is 21.5 Å². The van der Waals surface area contributed by atoms with Gasteiger partial charge in [0, 0.05) is 22.7 Å². The minimum atomic E-state index is -0.385. The zero-order valence-electron chi connectivity index (χ0n) is 17.9. The zero-order valence-corrected chi connectivity index (χ0v) is 19.5. The molecule has 2 aromatic heterocycles. The van der Waals surface area contributed by atoms with Crippen LogP contribution in [0, 0.1) is 6.92 Å². The van der Waals surface area contributed by atoms with Crippen LogP contribution in [0.2, 0.25) is 0 Å². The van der Waals surface area contributed by atoms with Crippen molar-refractivity contribution in [2.75, 3.05) is 11.9 Å². The van der Waals surface area contributed by atoms with E-state index in [4.69, 9.17) is 4.74 Å². The molecule has 2 aromatic carbocycles. The van der Waals surface area contributed by atoms with Crippen LogP contribution in [0.3, 0.4) is 0 Å². The molecule has 2 amide bonds. The van der Waals surface area contributed by atoms with Crippen LogP contribution in [0.15, 0.2) is 66.0 Å². The van der Waals surface area contributed by atoms with Crippen molar-refractivity contribution in [2.45, 2.75) is 20.0 Å². The van der Waals surface area contributed by atoms with Crippen LogP contribution in [0.1, 0.15) is 35.6 Å². The highest BCUT2D eigenvalue weighted by molar-refractivity contribution is 7.13. The lowest BCUT2D eigenvalue weighted by Crippen LogP contribution is -2.25. The van der Waals surface area contributed by atoms with E-state index in [1.165, 1.54) is 16.2 Å². The molecule has 0 fully saturated rings. The lowest BCUT2D eigenvalue weighted by molar-refractivity contribution is 0.0952. The third kappa shape index (κ3) is 6.47. The predicted octanol–water partition coefficient (Wildman–Crippen LogP) is 4.71. The third-order valence-corrected chi connectivity index (χ3v) is 6.50. The van der Waals surface area contributed by atoms with Gasteiger partial charge >= 0.3 is 0 Å². The van der Waals surface area contributed by atoms with Crippen LogP contribution in [0.25, 0.3) is 0 Å². The normalized spacial score (nSPS) is 10.6. The van der Waals surface area contributed by atoms with Crippen molar-refractivity contribution in [1.82, 2.24) is 15.5 Å². The number of hydrogen-bond acceptors (Lipinski definition) is 7. The second-order valence-electron chi connectivity index (χ2n) is 7.22. The van der Waals surface area contributed by atoms with Crippen LogP contribution < -0.4 is 15.4 Å². The maximum Gasteiger partial charge on any atom is 0.286 e. The quantitative estimate of drug-likeness (QED) is 0.363. The average molecular weight is 479 g/mol. The summed E-state index contributed by atoms with van der Waals surface area (Å²) in [5.41, 5.74) is 2.14. The number of ether oxygens (including phenoxy) is 1. The molecule has 0 unspecified atom stereocenters. The molecular weight excluding hydrogens is 456 g/mol. The fourth-order valence-electron chi connectivity index (χ4n) is 2.96. The standard InChI is InChI=1S/C24H22N4O3S2/c1-16-7-9-19(10-8-16)31-15-21-27-28-24(33-21)23(30)26-18-5-2-4-17(14-18)22(29)25-12-11-20-6-3-13-32-20/h2-10,13-14H,11-12,15H2,1H3,(H,25,29)(H,26,30). The number of benzene rings is 2. The van der Waals surface area contributed by atoms with E-state index in [-0.39, 0.29) is 23.4 Å². The smallest absolute Gasteiger partial charge is 0.286 e. The van der Waals surface area contributed by atoms with Crippen molar-refractivity contribution in [3.63, 3.8) is 0 Å². The molecule has 0 atom stereocenters. The van der Waals surface area contributed by atoms with Crippen LogP contribution in [-0.2, 0) is 13.0 Å². The first-order valence-electron chi connectivity index (χ1n) is 10.3. The summed E-state index contributed by atoms with van der Waals surface area (Å²) in [6.07, 6.45) is 0.785. The number of rotatable bonds is 9. The summed E-state index contributed by atoms with van der Waals surface area (Å²) >= 11 is 2.83. The summed E-state index contributed by atoms with van der Waals surface area (Å²) < 4.78 is 5.69. The average Bonchev–Trinajstić information content (AvgIpc) is 3.51. The fraction of sp³-hybridized carbons (Fsp3) is 0.167. The van der Waals surface area contributed by atoms with Crippen LogP contribution in [0.5, 0.6) is 5.75 Å². The third-order valence-electron chi connectivity index (χ3n) is 4.66. The molecule has 0 bridgehead atoms. The first-order valence-corrected chi connectivity index (χ1v) is 12.0. The van der Waals surface area contributed by atoms with E-state index in [9.17, 15) is 9.59 Å². The zero-order chi connectivity index (χ0) is 23.0. The molecule has 4 aromatic rings. The minimum absolute atomic E-state index is 0.186. The van der Waals surface area contributed by atoms with Crippen molar-refractivity contribution in [3.8, 4) is 5.75 Å². The molecule has 7 nitrogen and oxygen atoms in total. The summed E-state index contributed by atoms with van der Waals surface area (Å²) in [5.74, 6) is 0.158. The highest BCUT2D eigenvalue weighted by Gasteiger charge is 2.14. The lowest BCUT2D eigenvalue weighted by atomic mass is 10.2. The largest absolute Gasteiger partial charge is 0.486 e. The highest BCUT2D eigenvalue weighted by Crippen LogP contribution is 2.18. The first kappa shape index (κ1) is 22.6. The lowest BCUT2D eigenvalue weighted by Gasteiger charge is -2.07. The number of anilines is 1. The van der Waals surface area contributed by atoms with Crippen LogP contribution in [-0.4, -0.2) is 28.6 Å². The maximum absolute atomic E-state index is 12.6. The Balaban J connectivity index is 1.30. The molecule has 0 saturated heterocycles. The molecule has 4 rings (SSSR count). The fourth-order valence-corrected chi connectivity index (χ4v) is 4.32. The SMILES string of the molecule is Cc1ccc(OCc2nnc(C(=O)Nc3cccc(C(=O)NCCc4cccs4)c3)s2)cc1. The number of hydrogen-bond donors (Lipinski definition) is 2. The molecule has 0 spiro atoms. The Labute approximate surface area is 199 Å². The van der Waals surface area contributed by atoms with Gasteiger partial charge in [0.15, 0.2) is 5.01 Å². The molecule has 33 heavy (non-hydrogen) atoms. The van der Waals surface area contributed by atoms with Gasteiger partial charge in [0.05, 0.1) is 0 Å². The Morgan fingerprint density at radius 3 is 2.64 bits per heavy atom. The number of thiophene rings is 1. The molecule has 2 heterocycles. The van der Waals surface area contributed by atoms with Gasteiger partial charge in [0.2, 0.25) is 5.01 Å². The topological polar surface area (TPSA) is 93.2 Å². The van der Waals surface area contributed by atoms with E-state index >= 15 is 0 Å². The summed E-state index contributed by atoms with van der Waals surface area (Å²) in [6.45, 7) is 2.79. The molecule has 9 heteroatoms. The summed E-state index contributed by atoms with van der Waals surface area (Å²) in [4.78, 5) is 26.2. The van der Waals surface area contributed by atoms with Gasteiger partial charge in [0.1, 0.15) is 12.4 Å². The van der Waals surface area contributed by atoms with Crippen LogP contribution in [0.4, 0.5) is 5.69 Å². The number of amides is 2. The monoisotopic (exact) mass is 478 g/mol. The van der Waals surface area contributed by atoms with Crippen molar-refractivity contribution in [1.29, 1.82) is 0 Å². The predicted molar refractivity (Wildman–Crippen MR) is 130 cm³/mol. The Hall–Kier alpha value is -3.56. The van der Waals surface area contributed by atoms with E-state index in [1.54, 1.807) is 35.6 Å². The van der Waals surface area contributed by atoms with E-state index in [0.717, 1.165) is 17.7 Å². The molecule has 0 radical (unpaired) electrons. The van der Waals surface area contributed by atoms with E-state index in [0.29, 0.717) is 22.8 Å². The maximum atomic E-state index is 12.6. The van der Waals surface area contributed by atoms with Gasteiger partial charge in [0.25, 0.3) is 11.8 Å². The van der Waals surface area contributed by atoms with Gasteiger partial charge in [-0.1, -0.05) is 41.2 Å². The van der Waals surface area contributed by atoms with E-state index < -0.39 is 0 Å². The van der Waals surface area contributed by atoms with Crippen molar-refractivity contribution in [3.05, 3.63) is 92.1 Å². The Morgan fingerprint density at radius 1 is 1.00 bits per heavy atom. The van der Waals surface area contributed by atoms with Crippen molar-refractivity contribution < 1.29 is 14.3 Å². The summed E-state index contributed by atoms with van der Waals surface area (Å²) in [7, 11) is 0. The first-order chi connectivity index (χ1) is 16.1. The molecule has 0 aliphatic heterocycles. The van der Waals surface area contributed by atoms with Crippen LogP contribution >= 0.6 is 22.7 Å². The molecule has 0 aliphatic carbocycles. The molecular formula is C24H22N4O3S2. The number of carbonyl (C=O) groups excluding carboxylic acids is 2. The van der Waals surface area contributed by atoms with E-state index in [2.05, 4.69) is 20.8 Å². The highest BCUT2D eigenvalue weighted by atomic mass is 32.1. The Bertz CT molecular complexity index is 1220. The number of nitrogens with zero attached hydrogens (tertiary/aromatic N) is 2. The number of aromatic nitrogens is 2. The molecule has 0 saturated carbocycles. The second-order valence-corrected chi connectivity index (χ2v) is 9.32. The van der Waals surface area contributed by atoms with Gasteiger partial charge in [-0.2, -0.15) is 0 Å². The van der Waals surface area contributed by atoms with E-state index in [1.807, 2.05) is 48.7 Å². The van der Waals surface area contributed by atoms with Gasteiger partial charge in [-0.05, 0) is 55.1 Å². The summed E-state index contributed by atoms with van der Waals surface area (Å²) in [5, 5.41) is 16.5. The Kier molecular flexibility index (Phi) is 7.43. The minimum Gasteiger partial charge on any atom is -0.486 e. The van der Waals surface area contributed by atoms with Crippen molar-refractivity contribution >= 4 is 40.2 Å². The molecule has 0 aliphatic rings. The number of nitrogens with one attached hydrogen (secondary N) is 2. The van der Waals surface area contributed by atoms with Gasteiger partial charge < -0.3 is 15.4 Å². The molecule has 168 valence electrons.